The highest BCUT2D eigenvalue weighted by molar-refractivity contribution is 5.96. The van der Waals surface area contributed by atoms with Crippen molar-refractivity contribution in [3.63, 3.8) is 0 Å². The van der Waals surface area contributed by atoms with Crippen molar-refractivity contribution in [3.05, 3.63) is 23.8 Å². The van der Waals surface area contributed by atoms with E-state index in [1.807, 2.05) is 18.2 Å². The van der Waals surface area contributed by atoms with Gasteiger partial charge in [0.15, 0.2) is 0 Å². The number of ether oxygens (including phenoxy) is 1. The van der Waals surface area contributed by atoms with Crippen LogP contribution in [-0.2, 0) is 11.2 Å². The molecule has 0 saturated heterocycles. The van der Waals surface area contributed by atoms with Crippen LogP contribution >= 0.6 is 0 Å². The number of aliphatic hydroxyl groups excluding tert-OH is 1. The molecular formula is C14H19NO3. The van der Waals surface area contributed by atoms with Gasteiger partial charge < -0.3 is 14.7 Å². The van der Waals surface area contributed by atoms with Crippen molar-refractivity contribution < 1.29 is 14.6 Å². The van der Waals surface area contributed by atoms with E-state index in [2.05, 4.69) is 0 Å². The fraction of sp³-hybridized carbons (Fsp3) is 0.500. The molecule has 0 atom stereocenters. The van der Waals surface area contributed by atoms with Crippen molar-refractivity contribution in [1.29, 1.82) is 0 Å². The second-order valence-corrected chi connectivity index (χ2v) is 4.44. The summed E-state index contributed by atoms with van der Waals surface area (Å²) in [4.78, 5) is 13.9. The zero-order valence-corrected chi connectivity index (χ0v) is 10.7. The fourth-order valence-corrected chi connectivity index (χ4v) is 2.39. The Kier molecular flexibility index (Phi) is 4.20. The van der Waals surface area contributed by atoms with Crippen LogP contribution in [0.25, 0.3) is 0 Å². The molecule has 4 heteroatoms. The standard InChI is InChI=1S/C14H19NO3/c1-18-12-7-2-5-11-6-3-9-15(14(11)12)13(17)8-4-10-16/h2,5,7,16H,3-4,6,8-10H2,1H3. The minimum absolute atomic E-state index is 0.0539. The smallest absolute Gasteiger partial charge is 0.227 e. The Morgan fingerprint density at radius 1 is 1.50 bits per heavy atom. The first-order valence-electron chi connectivity index (χ1n) is 6.35. The van der Waals surface area contributed by atoms with E-state index in [4.69, 9.17) is 9.84 Å². The summed E-state index contributed by atoms with van der Waals surface area (Å²) in [6.45, 7) is 0.788. The van der Waals surface area contributed by atoms with Gasteiger partial charge in [-0.25, -0.2) is 0 Å². The van der Waals surface area contributed by atoms with E-state index >= 15 is 0 Å². The normalized spacial score (nSPS) is 14.2. The molecule has 1 aliphatic rings. The molecule has 1 N–H and O–H groups in total. The van der Waals surface area contributed by atoms with E-state index in [0.717, 1.165) is 36.4 Å². The monoisotopic (exact) mass is 249 g/mol. The lowest BCUT2D eigenvalue weighted by atomic mass is 10.0. The molecule has 0 unspecified atom stereocenters. The topological polar surface area (TPSA) is 49.8 Å². The lowest BCUT2D eigenvalue weighted by Crippen LogP contribution is -2.35. The Morgan fingerprint density at radius 2 is 2.33 bits per heavy atom. The van der Waals surface area contributed by atoms with Gasteiger partial charge >= 0.3 is 0 Å². The van der Waals surface area contributed by atoms with Crippen LogP contribution in [0, 0.1) is 0 Å². The Balaban J connectivity index is 2.28. The zero-order valence-electron chi connectivity index (χ0n) is 10.7. The van der Waals surface area contributed by atoms with Crippen LogP contribution in [0.2, 0.25) is 0 Å². The maximum Gasteiger partial charge on any atom is 0.227 e. The molecule has 98 valence electrons. The predicted molar refractivity (Wildman–Crippen MR) is 70.0 cm³/mol. The minimum atomic E-state index is 0.0539. The van der Waals surface area contributed by atoms with Crippen LogP contribution in [0.1, 0.15) is 24.8 Å². The van der Waals surface area contributed by atoms with Crippen molar-refractivity contribution in [2.45, 2.75) is 25.7 Å². The SMILES string of the molecule is COc1cccc2c1N(C(=O)CCCO)CCC2. The summed E-state index contributed by atoms with van der Waals surface area (Å²) in [5.41, 5.74) is 2.08. The van der Waals surface area contributed by atoms with Gasteiger partial charge in [-0.05, 0) is 30.9 Å². The minimum Gasteiger partial charge on any atom is -0.495 e. The van der Waals surface area contributed by atoms with Crippen LogP contribution in [0.4, 0.5) is 5.69 Å². The number of hydrogen-bond donors (Lipinski definition) is 1. The predicted octanol–water partition coefficient (Wildman–Crippen LogP) is 1.75. The Labute approximate surface area is 107 Å². The quantitative estimate of drug-likeness (QED) is 0.884. The highest BCUT2D eigenvalue weighted by Gasteiger charge is 2.25. The third-order valence-corrected chi connectivity index (χ3v) is 3.25. The Bertz CT molecular complexity index is 417. The second-order valence-electron chi connectivity index (χ2n) is 4.44. The number of para-hydroxylation sites is 1. The van der Waals surface area contributed by atoms with Gasteiger partial charge in [0.25, 0.3) is 0 Å². The number of rotatable bonds is 4. The second kappa shape index (κ2) is 5.87. The molecule has 0 radical (unpaired) electrons. The fourth-order valence-electron chi connectivity index (χ4n) is 2.39. The van der Waals surface area contributed by atoms with Crippen molar-refractivity contribution in [2.75, 3.05) is 25.2 Å². The van der Waals surface area contributed by atoms with Gasteiger partial charge in [-0.2, -0.15) is 0 Å². The number of benzene rings is 1. The molecule has 0 aromatic heterocycles. The molecule has 0 aliphatic carbocycles. The molecule has 0 spiro atoms. The number of nitrogens with zero attached hydrogens (tertiary/aromatic N) is 1. The number of anilines is 1. The number of aliphatic hydroxyl groups is 1. The average Bonchev–Trinajstić information content (AvgIpc) is 2.43. The third-order valence-electron chi connectivity index (χ3n) is 3.25. The van der Waals surface area contributed by atoms with Crippen molar-refractivity contribution in [1.82, 2.24) is 0 Å². The van der Waals surface area contributed by atoms with Gasteiger partial charge in [0, 0.05) is 19.6 Å². The molecule has 1 aromatic carbocycles. The van der Waals surface area contributed by atoms with Crippen molar-refractivity contribution in [2.24, 2.45) is 0 Å². The van der Waals surface area contributed by atoms with Gasteiger partial charge in [0.2, 0.25) is 5.91 Å². The van der Waals surface area contributed by atoms with Gasteiger partial charge in [-0.3, -0.25) is 4.79 Å². The molecule has 1 aromatic rings. The number of hydrogen-bond acceptors (Lipinski definition) is 3. The molecule has 0 bridgehead atoms. The first-order valence-corrected chi connectivity index (χ1v) is 6.35. The largest absolute Gasteiger partial charge is 0.495 e. The van der Waals surface area contributed by atoms with Crippen LogP contribution in [-0.4, -0.2) is 31.3 Å². The third kappa shape index (κ3) is 2.48. The van der Waals surface area contributed by atoms with E-state index in [1.54, 1.807) is 12.0 Å². The molecule has 1 aliphatic heterocycles. The first kappa shape index (κ1) is 12.9. The van der Waals surface area contributed by atoms with E-state index < -0.39 is 0 Å². The van der Waals surface area contributed by atoms with Gasteiger partial charge in [0.05, 0.1) is 12.8 Å². The number of aryl methyl sites for hydroxylation is 1. The first-order chi connectivity index (χ1) is 8.77. The maximum absolute atomic E-state index is 12.1. The van der Waals surface area contributed by atoms with Crippen molar-refractivity contribution >= 4 is 11.6 Å². The molecular weight excluding hydrogens is 230 g/mol. The van der Waals surface area contributed by atoms with Crippen LogP contribution in [0.3, 0.4) is 0 Å². The van der Waals surface area contributed by atoms with Crippen LogP contribution in [0.15, 0.2) is 18.2 Å². The van der Waals surface area contributed by atoms with E-state index in [-0.39, 0.29) is 12.5 Å². The number of carbonyl (C=O) groups excluding carboxylic acids is 1. The molecule has 0 saturated carbocycles. The zero-order chi connectivity index (χ0) is 13.0. The Hall–Kier alpha value is -1.55. The Morgan fingerprint density at radius 3 is 3.06 bits per heavy atom. The van der Waals surface area contributed by atoms with Gasteiger partial charge in [-0.15, -0.1) is 0 Å². The lowest BCUT2D eigenvalue weighted by molar-refractivity contribution is -0.119. The average molecular weight is 249 g/mol. The summed E-state index contributed by atoms with van der Waals surface area (Å²) in [7, 11) is 1.63. The van der Waals surface area contributed by atoms with Crippen LogP contribution < -0.4 is 9.64 Å². The summed E-state index contributed by atoms with van der Waals surface area (Å²) in [5, 5.41) is 8.81. The van der Waals surface area contributed by atoms with Gasteiger partial charge in [-0.1, -0.05) is 12.1 Å². The summed E-state index contributed by atoms with van der Waals surface area (Å²) in [6, 6.07) is 5.89. The van der Waals surface area contributed by atoms with Gasteiger partial charge in [0.1, 0.15) is 5.75 Å². The highest BCUT2D eigenvalue weighted by atomic mass is 16.5. The van der Waals surface area contributed by atoms with Crippen molar-refractivity contribution in [3.8, 4) is 5.75 Å². The van der Waals surface area contributed by atoms with E-state index in [0.29, 0.717) is 12.8 Å². The molecule has 18 heavy (non-hydrogen) atoms. The molecule has 2 rings (SSSR count). The van der Waals surface area contributed by atoms with Crippen LogP contribution in [0.5, 0.6) is 5.75 Å². The van der Waals surface area contributed by atoms with E-state index in [1.165, 1.54) is 0 Å². The number of carbonyl (C=O) groups is 1. The summed E-state index contributed by atoms with van der Waals surface area (Å²) in [5.74, 6) is 0.819. The molecule has 1 heterocycles. The summed E-state index contributed by atoms with van der Waals surface area (Å²) >= 11 is 0. The number of methoxy groups -OCH3 is 1. The number of fused-ring (bicyclic) bond motifs is 1. The molecule has 0 fully saturated rings. The highest BCUT2D eigenvalue weighted by Crippen LogP contribution is 2.36. The van der Waals surface area contributed by atoms with E-state index in [9.17, 15) is 4.79 Å². The summed E-state index contributed by atoms with van der Waals surface area (Å²) in [6.07, 6.45) is 2.86. The molecule has 4 nitrogen and oxygen atoms in total. The number of amides is 1. The molecule has 1 amide bonds. The summed E-state index contributed by atoms with van der Waals surface area (Å²) < 4.78 is 5.35. The maximum atomic E-state index is 12.1. The lowest BCUT2D eigenvalue weighted by Gasteiger charge is -2.31.